The van der Waals surface area contributed by atoms with Gasteiger partial charge in [-0.1, -0.05) is 6.58 Å². The lowest BCUT2D eigenvalue weighted by Crippen LogP contribution is -2.28. The quantitative estimate of drug-likeness (QED) is 0.312. The number of nitrogens with two attached hydrogens (primary N) is 1. The molecule has 0 bridgehead atoms. The molecule has 0 fully saturated rings. The summed E-state index contributed by atoms with van der Waals surface area (Å²) in [4.78, 5) is 11.7. The molecule has 1 unspecified atom stereocenters. The van der Waals surface area contributed by atoms with Crippen LogP contribution in [0, 0.1) is 17.2 Å². The molecule has 0 radical (unpaired) electrons. The van der Waals surface area contributed by atoms with E-state index in [0.717, 1.165) is 41.7 Å². The highest BCUT2D eigenvalue weighted by Crippen LogP contribution is 2.21. The third-order valence-electron chi connectivity index (χ3n) is 3.69. The Bertz CT molecular complexity index is 655. The Labute approximate surface area is 129 Å². The number of nitrogens with one attached hydrogen (secondary N) is 3. The average Bonchev–Trinajstić information content (AvgIpc) is 3.02. The van der Waals surface area contributed by atoms with Crippen molar-refractivity contribution in [3.8, 4) is 6.07 Å². The number of allylic oxidation sites excluding steroid dienone is 1. The summed E-state index contributed by atoms with van der Waals surface area (Å²) in [6, 6.07) is 4.06. The van der Waals surface area contributed by atoms with Crippen LogP contribution in [0.5, 0.6) is 0 Å². The monoisotopic (exact) mass is 299 g/mol. The molecule has 2 aromatic heterocycles. The van der Waals surface area contributed by atoms with Gasteiger partial charge in [-0.3, -0.25) is 11.3 Å². The number of aryl methyl sites for hydroxylation is 1. The van der Waals surface area contributed by atoms with Gasteiger partial charge in [0.15, 0.2) is 0 Å². The van der Waals surface area contributed by atoms with Crippen molar-refractivity contribution in [2.24, 2.45) is 11.8 Å². The van der Waals surface area contributed by atoms with Crippen molar-refractivity contribution in [2.45, 2.75) is 19.3 Å². The molecular weight excluding hydrogens is 278 g/mol. The topological polar surface area (TPSA) is 115 Å². The maximum absolute atomic E-state index is 8.67. The standard InChI is InChI=1S/C15H21N7/c1-11(18-9-6-16)12(4-8-22-17)2-3-14-13-5-7-19-15(13)21-10-20-14/h5,7,10,12,18,22H,1-4,8-9,17H2,(H,19,20,21). The summed E-state index contributed by atoms with van der Waals surface area (Å²) in [7, 11) is 0. The molecule has 0 aliphatic heterocycles. The van der Waals surface area contributed by atoms with Gasteiger partial charge in [0, 0.05) is 23.8 Å². The second-order valence-electron chi connectivity index (χ2n) is 5.08. The molecule has 1 atom stereocenters. The van der Waals surface area contributed by atoms with Gasteiger partial charge in [0.05, 0.1) is 11.8 Å². The summed E-state index contributed by atoms with van der Waals surface area (Å²) in [5.74, 6) is 5.60. The fourth-order valence-electron chi connectivity index (χ4n) is 2.48. The molecule has 0 saturated carbocycles. The molecule has 0 aliphatic rings. The molecule has 0 aromatic carbocycles. The normalized spacial score (nSPS) is 12.0. The molecule has 5 N–H and O–H groups in total. The van der Waals surface area contributed by atoms with Gasteiger partial charge in [-0.05, 0) is 31.2 Å². The van der Waals surface area contributed by atoms with E-state index in [0.29, 0.717) is 6.54 Å². The SMILES string of the molecule is C=C(NCC#N)C(CCNN)CCc1ncnc2[nH]ccc12. The molecule has 0 aliphatic carbocycles. The lowest BCUT2D eigenvalue weighted by molar-refractivity contribution is 0.473. The third kappa shape index (κ3) is 4.04. The van der Waals surface area contributed by atoms with Crippen LogP contribution < -0.4 is 16.6 Å². The molecule has 0 saturated heterocycles. The van der Waals surface area contributed by atoms with Crippen LogP contribution in [0.25, 0.3) is 11.0 Å². The van der Waals surface area contributed by atoms with Gasteiger partial charge in [-0.15, -0.1) is 0 Å². The Hall–Kier alpha value is -2.43. The predicted molar refractivity (Wildman–Crippen MR) is 85.3 cm³/mol. The number of aromatic amines is 1. The van der Waals surface area contributed by atoms with Crippen molar-refractivity contribution in [2.75, 3.05) is 13.1 Å². The smallest absolute Gasteiger partial charge is 0.140 e. The summed E-state index contributed by atoms with van der Waals surface area (Å²) in [6.07, 6.45) is 6.00. The van der Waals surface area contributed by atoms with Gasteiger partial charge in [0.1, 0.15) is 18.5 Å². The number of nitriles is 1. The third-order valence-corrected chi connectivity index (χ3v) is 3.69. The molecule has 2 heterocycles. The van der Waals surface area contributed by atoms with Crippen LogP contribution in [0.1, 0.15) is 18.5 Å². The summed E-state index contributed by atoms with van der Waals surface area (Å²) in [5, 5.41) is 12.8. The molecule has 2 aromatic rings. The minimum atomic E-state index is 0.230. The maximum Gasteiger partial charge on any atom is 0.140 e. The van der Waals surface area contributed by atoms with Crippen molar-refractivity contribution in [3.63, 3.8) is 0 Å². The Kier molecular flexibility index (Phi) is 5.89. The van der Waals surface area contributed by atoms with Crippen LogP contribution in [-0.4, -0.2) is 28.0 Å². The molecule has 7 nitrogen and oxygen atoms in total. The zero-order valence-electron chi connectivity index (χ0n) is 12.5. The Morgan fingerprint density at radius 1 is 1.45 bits per heavy atom. The summed E-state index contributed by atoms with van der Waals surface area (Å²) in [5.41, 5.74) is 5.41. The minimum absolute atomic E-state index is 0.230. The second-order valence-corrected chi connectivity index (χ2v) is 5.08. The maximum atomic E-state index is 8.67. The van der Waals surface area contributed by atoms with Crippen LogP contribution in [0.15, 0.2) is 30.9 Å². The molecule has 116 valence electrons. The first-order valence-electron chi connectivity index (χ1n) is 7.26. The number of fused-ring (bicyclic) bond motifs is 1. The summed E-state index contributed by atoms with van der Waals surface area (Å²) in [6.45, 7) is 5.00. The first kappa shape index (κ1) is 15.9. The number of hydrazine groups is 1. The number of H-pyrrole nitrogens is 1. The molecule has 0 spiro atoms. The fourth-order valence-corrected chi connectivity index (χ4v) is 2.48. The van der Waals surface area contributed by atoms with E-state index in [1.165, 1.54) is 0 Å². The first-order valence-corrected chi connectivity index (χ1v) is 7.26. The minimum Gasteiger partial charge on any atom is -0.376 e. The van der Waals surface area contributed by atoms with E-state index in [9.17, 15) is 0 Å². The van der Waals surface area contributed by atoms with E-state index in [-0.39, 0.29) is 12.5 Å². The second kappa shape index (κ2) is 8.12. The van der Waals surface area contributed by atoms with E-state index >= 15 is 0 Å². The van der Waals surface area contributed by atoms with Crippen molar-refractivity contribution in [1.82, 2.24) is 25.7 Å². The van der Waals surface area contributed by atoms with Gasteiger partial charge in [0.2, 0.25) is 0 Å². The predicted octanol–water partition coefficient (Wildman–Crippen LogP) is 0.987. The van der Waals surface area contributed by atoms with Gasteiger partial charge >= 0.3 is 0 Å². The lowest BCUT2D eigenvalue weighted by atomic mass is 9.94. The first-order chi connectivity index (χ1) is 10.8. The summed E-state index contributed by atoms with van der Waals surface area (Å²) >= 11 is 0. The fraction of sp³-hybridized carbons (Fsp3) is 0.400. The van der Waals surface area contributed by atoms with Gasteiger partial charge in [-0.2, -0.15) is 5.26 Å². The highest BCUT2D eigenvalue weighted by Gasteiger charge is 2.14. The van der Waals surface area contributed by atoms with Gasteiger partial charge < -0.3 is 10.3 Å². The van der Waals surface area contributed by atoms with E-state index in [2.05, 4.69) is 38.3 Å². The zero-order valence-corrected chi connectivity index (χ0v) is 12.5. The average molecular weight is 299 g/mol. The van der Waals surface area contributed by atoms with Crippen LogP contribution in [0.4, 0.5) is 0 Å². The number of nitrogens with zero attached hydrogens (tertiary/aromatic N) is 3. The Morgan fingerprint density at radius 3 is 3.09 bits per heavy atom. The van der Waals surface area contributed by atoms with Crippen LogP contribution in [0.3, 0.4) is 0 Å². The van der Waals surface area contributed by atoms with Crippen LogP contribution in [0.2, 0.25) is 0 Å². The van der Waals surface area contributed by atoms with Crippen LogP contribution in [-0.2, 0) is 6.42 Å². The number of hydrogen-bond acceptors (Lipinski definition) is 6. The molecule has 0 amide bonds. The van der Waals surface area contributed by atoms with Gasteiger partial charge in [-0.25, -0.2) is 9.97 Å². The molecular formula is C15H21N7. The Morgan fingerprint density at radius 2 is 2.32 bits per heavy atom. The van der Waals surface area contributed by atoms with Crippen molar-refractivity contribution >= 4 is 11.0 Å². The number of aromatic nitrogens is 3. The van der Waals surface area contributed by atoms with E-state index in [1.54, 1.807) is 6.33 Å². The van der Waals surface area contributed by atoms with Crippen molar-refractivity contribution < 1.29 is 0 Å². The highest BCUT2D eigenvalue weighted by molar-refractivity contribution is 5.77. The molecule has 2 rings (SSSR count). The van der Waals surface area contributed by atoms with E-state index < -0.39 is 0 Å². The molecule has 22 heavy (non-hydrogen) atoms. The number of rotatable bonds is 9. The Balaban J connectivity index is 2.02. The van der Waals surface area contributed by atoms with E-state index in [1.807, 2.05) is 12.3 Å². The number of hydrogen-bond donors (Lipinski definition) is 4. The summed E-state index contributed by atoms with van der Waals surface area (Å²) < 4.78 is 0. The largest absolute Gasteiger partial charge is 0.376 e. The zero-order chi connectivity index (χ0) is 15.8. The van der Waals surface area contributed by atoms with Gasteiger partial charge in [0.25, 0.3) is 0 Å². The van der Waals surface area contributed by atoms with Crippen molar-refractivity contribution in [1.29, 1.82) is 5.26 Å². The van der Waals surface area contributed by atoms with Crippen molar-refractivity contribution in [3.05, 3.63) is 36.6 Å². The van der Waals surface area contributed by atoms with Crippen LogP contribution >= 0.6 is 0 Å². The molecule has 7 heteroatoms. The highest BCUT2D eigenvalue weighted by atomic mass is 15.2. The van der Waals surface area contributed by atoms with E-state index in [4.69, 9.17) is 11.1 Å². The lowest BCUT2D eigenvalue weighted by Gasteiger charge is -2.20.